The summed E-state index contributed by atoms with van der Waals surface area (Å²) >= 11 is 0. The van der Waals surface area contributed by atoms with Crippen LogP contribution in [0.2, 0.25) is 0 Å². The Kier molecular flexibility index (Phi) is 3.98. The molecule has 0 aromatic carbocycles. The zero-order chi connectivity index (χ0) is 11.4. The highest BCUT2D eigenvalue weighted by Crippen LogP contribution is 2.37. The quantitative estimate of drug-likeness (QED) is 0.684. The van der Waals surface area contributed by atoms with Gasteiger partial charge in [0, 0.05) is 24.5 Å². The standard InChI is InChI=1S/C13H23NO2/c1-2-12-9-16-8-7-14(12)10-13(11-15)5-3-4-6-13/h11-12H,2-10H2,1H3. The smallest absolute Gasteiger partial charge is 0.127 e. The van der Waals surface area contributed by atoms with Gasteiger partial charge >= 0.3 is 0 Å². The summed E-state index contributed by atoms with van der Waals surface area (Å²) in [7, 11) is 0. The Labute approximate surface area is 98.1 Å². The van der Waals surface area contributed by atoms with Crippen molar-refractivity contribution in [2.45, 2.75) is 45.1 Å². The molecule has 3 heteroatoms. The fraction of sp³-hybridized carbons (Fsp3) is 0.923. The number of carbonyl (C=O) groups excluding carboxylic acids is 1. The molecule has 0 spiro atoms. The average Bonchev–Trinajstić information content (AvgIpc) is 2.79. The first-order valence-electron chi connectivity index (χ1n) is 6.58. The summed E-state index contributed by atoms with van der Waals surface area (Å²) in [6.45, 7) is 5.82. The van der Waals surface area contributed by atoms with Crippen molar-refractivity contribution in [3.05, 3.63) is 0 Å². The lowest BCUT2D eigenvalue weighted by molar-refractivity contribution is -0.118. The predicted octanol–water partition coefficient (Wildman–Crippen LogP) is 1.86. The van der Waals surface area contributed by atoms with Crippen molar-refractivity contribution in [2.75, 3.05) is 26.3 Å². The van der Waals surface area contributed by atoms with Gasteiger partial charge in [0.2, 0.25) is 0 Å². The van der Waals surface area contributed by atoms with Gasteiger partial charge in [-0.05, 0) is 19.3 Å². The Morgan fingerprint density at radius 2 is 2.19 bits per heavy atom. The van der Waals surface area contributed by atoms with Crippen LogP contribution in [0.25, 0.3) is 0 Å². The molecule has 1 atom stereocenters. The van der Waals surface area contributed by atoms with Crippen LogP contribution in [0, 0.1) is 5.41 Å². The molecule has 0 aromatic rings. The van der Waals surface area contributed by atoms with Crippen molar-refractivity contribution in [1.29, 1.82) is 0 Å². The first-order chi connectivity index (χ1) is 7.79. The van der Waals surface area contributed by atoms with E-state index in [0.29, 0.717) is 6.04 Å². The van der Waals surface area contributed by atoms with E-state index in [1.165, 1.54) is 19.1 Å². The van der Waals surface area contributed by atoms with Crippen LogP contribution in [0.1, 0.15) is 39.0 Å². The van der Waals surface area contributed by atoms with E-state index in [1.54, 1.807) is 0 Å². The highest BCUT2D eigenvalue weighted by Gasteiger charge is 2.37. The number of nitrogens with zero attached hydrogens (tertiary/aromatic N) is 1. The number of aldehydes is 1. The van der Waals surface area contributed by atoms with Crippen LogP contribution in [0.4, 0.5) is 0 Å². The lowest BCUT2D eigenvalue weighted by atomic mass is 9.86. The lowest BCUT2D eigenvalue weighted by Crippen LogP contribution is -2.49. The molecule has 1 saturated heterocycles. The number of rotatable bonds is 4. The molecule has 0 N–H and O–H groups in total. The summed E-state index contributed by atoms with van der Waals surface area (Å²) in [4.78, 5) is 13.8. The molecule has 3 nitrogen and oxygen atoms in total. The van der Waals surface area contributed by atoms with Gasteiger partial charge in [0.15, 0.2) is 0 Å². The van der Waals surface area contributed by atoms with Crippen LogP contribution in [-0.2, 0) is 9.53 Å². The summed E-state index contributed by atoms with van der Waals surface area (Å²) in [6, 6.07) is 0.520. The number of morpholine rings is 1. The highest BCUT2D eigenvalue weighted by atomic mass is 16.5. The summed E-state index contributed by atoms with van der Waals surface area (Å²) in [5.74, 6) is 0. The van der Waals surface area contributed by atoms with Crippen molar-refractivity contribution in [1.82, 2.24) is 4.90 Å². The maximum absolute atomic E-state index is 11.3. The molecule has 1 saturated carbocycles. The van der Waals surface area contributed by atoms with Gasteiger partial charge < -0.3 is 9.53 Å². The zero-order valence-corrected chi connectivity index (χ0v) is 10.3. The molecule has 0 radical (unpaired) electrons. The highest BCUT2D eigenvalue weighted by molar-refractivity contribution is 5.60. The van der Waals surface area contributed by atoms with E-state index in [0.717, 1.165) is 45.6 Å². The molecule has 2 fully saturated rings. The first-order valence-corrected chi connectivity index (χ1v) is 6.58. The molecule has 1 heterocycles. The van der Waals surface area contributed by atoms with E-state index in [2.05, 4.69) is 11.8 Å². The van der Waals surface area contributed by atoms with Gasteiger partial charge in [-0.2, -0.15) is 0 Å². The Hall–Kier alpha value is -0.410. The minimum Gasteiger partial charge on any atom is -0.378 e. The van der Waals surface area contributed by atoms with E-state index in [9.17, 15) is 4.79 Å². The van der Waals surface area contributed by atoms with E-state index >= 15 is 0 Å². The van der Waals surface area contributed by atoms with Gasteiger partial charge in [0.25, 0.3) is 0 Å². The van der Waals surface area contributed by atoms with Gasteiger partial charge in [0.05, 0.1) is 13.2 Å². The lowest BCUT2D eigenvalue weighted by Gasteiger charge is -2.39. The largest absolute Gasteiger partial charge is 0.378 e. The first kappa shape index (κ1) is 12.1. The van der Waals surface area contributed by atoms with Gasteiger partial charge in [0.1, 0.15) is 6.29 Å². The van der Waals surface area contributed by atoms with Gasteiger partial charge in [-0.1, -0.05) is 19.8 Å². The number of ether oxygens (including phenoxy) is 1. The summed E-state index contributed by atoms with van der Waals surface area (Å²) < 4.78 is 5.50. The average molecular weight is 225 g/mol. The Bertz CT molecular complexity index is 236. The molecule has 1 unspecified atom stereocenters. The van der Waals surface area contributed by atoms with Crippen molar-refractivity contribution < 1.29 is 9.53 Å². The monoisotopic (exact) mass is 225 g/mol. The van der Waals surface area contributed by atoms with E-state index < -0.39 is 0 Å². The molecule has 0 aromatic heterocycles. The van der Waals surface area contributed by atoms with Crippen LogP contribution in [0.15, 0.2) is 0 Å². The minimum absolute atomic E-state index is 0.0369. The van der Waals surface area contributed by atoms with Crippen LogP contribution in [0.3, 0.4) is 0 Å². The molecular weight excluding hydrogens is 202 g/mol. The van der Waals surface area contributed by atoms with Gasteiger partial charge in [-0.3, -0.25) is 4.90 Å². The fourth-order valence-electron chi connectivity index (χ4n) is 3.07. The maximum Gasteiger partial charge on any atom is 0.127 e. The second kappa shape index (κ2) is 5.28. The number of carbonyl (C=O) groups is 1. The fourth-order valence-corrected chi connectivity index (χ4v) is 3.07. The Balaban J connectivity index is 1.97. The molecule has 0 bridgehead atoms. The van der Waals surface area contributed by atoms with Crippen molar-refractivity contribution in [3.63, 3.8) is 0 Å². The number of hydrogen-bond acceptors (Lipinski definition) is 3. The van der Waals surface area contributed by atoms with Crippen LogP contribution in [-0.4, -0.2) is 43.5 Å². The third kappa shape index (κ3) is 2.46. The van der Waals surface area contributed by atoms with Gasteiger partial charge in [-0.15, -0.1) is 0 Å². The zero-order valence-electron chi connectivity index (χ0n) is 10.3. The molecule has 1 aliphatic heterocycles. The second-order valence-electron chi connectivity index (χ2n) is 5.29. The molecule has 1 aliphatic carbocycles. The van der Waals surface area contributed by atoms with E-state index in [4.69, 9.17) is 4.74 Å². The van der Waals surface area contributed by atoms with Crippen molar-refractivity contribution >= 4 is 6.29 Å². The molecule has 0 amide bonds. The summed E-state index contributed by atoms with van der Waals surface area (Å²) in [5.41, 5.74) is -0.0369. The third-order valence-electron chi connectivity index (χ3n) is 4.19. The SMILES string of the molecule is CCC1COCCN1CC1(C=O)CCCC1. The van der Waals surface area contributed by atoms with Crippen LogP contribution < -0.4 is 0 Å². The molecule has 92 valence electrons. The van der Waals surface area contributed by atoms with Crippen LogP contribution in [0.5, 0.6) is 0 Å². The minimum atomic E-state index is -0.0369. The third-order valence-corrected chi connectivity index (χ3v) is 4.19. The Morgan fingerprint density at radius 1 is 1.44 bits per heavy atom. The molecular formula is C13H23NO2. The summed E-state index contributed by atoms with van der Waals surface area (Å²) in [6.07, 6.45) is 6.96. The second-order valence-corrected chi connectivity index (χ2v) is 5.29. The van der Waals surface area contributed by atoms with Crippen molar-refractivity contribution in [2.24, 2.45) is 5.41 Å². The molecule has 2 aliphatic rings. The maximum atomic E-state index is 11.3. The number of hydrogen-bond donors (Lipinski definition) is 0. The molecule has 16 heavy (non-hydrogen) atoms. The normalized spacial score (nSPS) is 30.4. The van der Waals surface area contributed by atoms with Gasteiger partial charge in [-0.25, -0.2) is 0 Å². The predicted molar refractivity (Wildman–Crippen MR) is 63.4 cm³/mol. The summed E-state index contributed by atoms with van der Waals surface area (Å²) in [5, 5.41) is 0. The van der Waals surface area contributed by atoms with Crippen LogP contribution >= 0.6 is 0 Å². The van der Waals surface area contributed by atoms with Crippen molar-refractivity contribution in [3.8, 4) is 0 Å². The van der Waals surface area contributed by atoms with E-state index in [-0.39, 0.29) is 5.41 Å². The topological polar surface area (TPSA) is 29.5 Å². The molecule has 2 rings (SSSR count). The Morgan fingerprint density at radius 3 is 2.81 bits per heavy atom. The van der Waals surface area contributed by atoms with E-state index in [1.807, 2.05) is 0 Å².